The van der Waals surface area contributed by atoms with Crippen molar-refractivity contribution in [3.05, 3.63) is 47.7 Å². The number of rotatable bonds is 3. The lowest BCUT2D eigenvalue weighted by atomic mass is 10.0. The second-order valence-electron chi connectivity index (χ2n) is 6.28. The molecule has 5 nitrogen and oxygen atoms in total. The Kier molecular flexibility index (Phi) is 3.43. The molecule has 3 rings (SSSR count). The topological polar surface area (TPSA) is 68.0 Å². The minimum atomic E-state index is -1.14. The van der Waals surface area contributed by atoms with E-state index in [-0.39, 0.29) is 0 Å². The molecule has 3 aromatic rings. The standard InChI is InChI=1S/C18H19N3O2/c1-11-9-14-15(10-12(11)2)21(18(3,4)17(22)23)16(20-14)13-7-5-6-8-19-13/h5-10H,1-4H3,(H,22,23). The first-order chi connectivity index (χ1) is 10.8. The number of carboxylic acids is 1. The van der Waals surface area contributed by atoms with E-state index in [0.29, 0.717) is 11.5 Å². The molecule has 0 radical (unpaired) electrons. The molecule has 0 atom stereocenters. The van der Waals surface area contributed by atoms with Gasteiger partial charge in [-0.2, -0.15) is 0 Å². The molecule has 5 heteroatoms. The normalized spacial score (nSPS) is 11.8. The van der Waals surface area contributed by atoms with Gasteiger partial charge in [-0.3, -0.25) is 4.98 Å². The van der Waals surface area contributed by atoms with Crippen LogP contribution in [0, 0.1) is 13.8 Å². The van der Waals surface area contributed by atoms with Crippen LogP contribution in [-0.4, -0.2) is 25.6 Å². The molecular weight excluding hydrogens is 290 g/mol. The number of pyridine rings is 1. The van der Waals surface area contributed by atoms with E-state index in [1.807, 2.05) is 44.2 Å². The lowest BCUT2D eigenvalue weighted by molar-refractivity contribution is -0.145. The molecule has 0 fully saturated rings. The van der Waals surface area contributed by atoms with Gasteiger partial charge in [-0.05, 0) is 63.1 Å². The molecule has 2 aromatic heterocycles. The highest BCUT2D eigenvalue weighted by molar-refractivity contribution is 5.86. The molecule has 0 spiro atoms. The minimum absolute atomic E-state index is 0.568. The zero-order valence-corrected chi connectivity index (χ0v) is 13.7. The number of aryl methyl sites for hydroxylation is 2. The number of benzene rings is 1. The van der Waals surface area contributed by atoms with Crippen molar-refractivity contribution in [1.29, 1.82) is 0 Å². The Hall–Kier alpha value is -2.69. The third-order valence-corrected chi connectivity index (χ3v) is 4.25. The lowest BCUT2D eigenvalue weighted by Gasteiger charge is -2.24. The summed E-state index contributed by atoms with van der Waals surface area (Å²) in [5.41, 5.74) is 3.34. The molecule has 0 saturated heterocycles. The Morgan fingerprint density at radius 3 is 2.48 bits per heavy atom. The SMILES string of the molecule is Cc1cc2nc(-c3ccccn3)n(C(C)(C)C(=O)O)c2cc1C. The summed E-state index contributed by atoms with van der Waals surface area (Å²) in [6, 6.07) is 9.53. The third kappa shape index (κ3) is 2.38. The highest BCUT2D eigenvalue weighted by Gasteiger charge is 2.34. The Morgan fingerprint density at radius 1 is 1.17 bits per heavy atom. The van der Waals surface area contributed by atoms with Crippen LogP contribution >= 0.6 is 0 Å². The van der Waals surface area contributed by atoms with Gasteiger partial charge in [0.15, 0.2) is 5.82 Å². The van der Waals surface area contributed by atoms with Crippen molar-refractivity contribution < 1.29 is 9.90 Å². The maximum atomic E-state index is 11.8. The van der Waals surface area contributed by atoms with Crippen LogP contribution in [0.3, 0.4) is 0 Å². The molecule has 1 N–H and O–H groups in total. The molecular formula is C18H19N3O2. The molecule has 1 aromatic carbocycles. The number of nitrogens with zero attached hydrogens (tertiary/aromatic N) is 3. The largest absolute Gasteiger partial charge is 0.480 e. The summed E-state index contributed by atoms with van der Waals surface area (Å²) >= 11 is 0. The van der Waals surface area contributed by atoms with Crippen LogP contribution in [0.1, 0.15) is 25.0 Å². The Morgan fingerprint density at radius 2 is 1.87 bits per heavy atom. The minimum Gasteiger partial charge on any atom is -0.480 e. The van der Waals surface area contributed by atoms with Gasteiger partial charge in [0, 0.05) is 6.20 Å². The third-order valence-electron chi connectivity index (χ3n) is 4.25. The smallest absolute Gasteiger partial charge is 0.329 e. The van der Waals surface area contributed by atoms with E-state index in [4.69, 9.17) is 0 Å². The van der Waals surface area contributed by atoms with E-state index < -0.39 is 11.5 Å². The van der Waals surface area contributed by atoms with Gasteiger partial charge in [-0.15, -0.1) is 0 Å². The Balaban J connectivity index is 2.42. The second kappa shape index (κ2) is 5.19. The summed E-state index contributed by atoms with van der Waals surface area (Å²) in [5, 5.41) is 9.70. The van der Waals surface area contributed by atoms with E-state index in [0.717, 1.165) is 22.2 Å². The number of fused-ring (bicyclic) bond motifs is 1. The van der Waals surface area contributed by atoms with Crippen LogP contribution in [0.2, 0.25) is 0 Å². The number of aliphatic carboxylic acids is 1. The van der Waals surface area contributed by atoms with Crippen molar-refractivity contribution in [2.24, 2.45) is 0 Å². The zero-order chi connectivity index (χ0) is 16.8. The van der Waals surface area contributed by atoms with Crippen LogP contribution in [-0.2, 0) is 10.3 Å². The zero-order valence-electron chi connectivity index (χ0n) is 13.7. The van der Waals surface area contributed by atoms with Gasteiger partial charge in [0.2, 0.25) is 0 Å². The summed E-state index contributed by atoms with van der Waals surface area (Å²) in [7, 11) is 0. The molecule has 23 heavy (non-hydrogen) atoms. The lowest BCUT2D eigenvalue weighted by Crippen LogP contribution is -2.36. The fraction of sp³-hybridized carbons (Fsp3) is 0.278. The molecule has 0 bridgehead atoms. The number of aromatic nitrogens is 3. The molecule has 2 heterocycles. The molecule has 0 aliphatic rings. The average molecular weight is 309 g/mol. The maximum absolute atomic E-state index is 11.8. The number of hydrogen-bond acceptors (Lipinski definition) is 3. The van der Waals surface area contributed by atoms with Crippen LogP contribution in [0.25, 0.3) is 22.6 Å². The number of carboxylic acid groups (broad SMARTS) is 1. The van der Waals surface area contributed by atoms with Gasteiger partial charge >= 0.3 is 5.97 Å². The number of imidazole rings is 1. The average Bonchev–Trinajstić information content (AvgIpc) is 2.87. The fourth-order valence-corrected chi connectivity index (χ4v) is 2.66. The van der Waals surface area contributed by atoms with Crippen molar-refractivity contribution in [3.63, 3.8) is 0 Å². The summed E-state index contributed by atoms with van der Waals surface area (Å²) in [6.07, 6.45) is 1.68. The second-order valence-corrected chi connectivity index (χ2v) is 6.28. The van der Waals surface area contributed by atoms with Crippen LogP contribution in [0.5, 0.6) is 0 Å². The summed E-state index contributed by atoms with van der Waals surface area (Å²) < 4.78 is 1.76. The monoisotopic (exact) mass is 309 g/mol. The quantitative estimate of drug-likeness (QED) is 0.803. The van der Waals surface area contributed by atoms with Crippen molar-refractivity contribution in [1.82, 2.24) is 14.5 Å². The van der Waals surface area contributed by atoms with Gasteiger partial charge in [-0.1, -0.05) is 6.07 Å². The molecule has 0 aliphatic heterocycles. The summed E-state index contributed by atoms with van der Waals surface area (Å²) in [4.78, 5) is 20.8. The van der Waals surface area contributed by atoms with Crippen molar-refractivity contribution in [2.45, 2.75) is 33.2 Å². The van der Waals surface area contributed by atoms with Gasteiger partial charge in [-0.25, -0.2) is 9.78 Å². The van der Waals surface area contributed by atoms with Gasteiger partial charge < -0.3 is 9.67 Å². The highest BCUT2D eigenvalue weighted by Crippen LogP contribution is 2.32. The van der Waals surface area contributed by atoms with Gasteiger partial charge in [0.05, 0.1) is 11.0 Å². The van der Waals surface area contributed by atoms with E-state index in [1.54, 1.807) is 24.6 Å². The van der Waals surface area contributed by atoms with Crippen LogP contribution < -0.4 is 0 Å². The Labute approximate surface area is 134 Å². The first-order valence-corrected chi connectivity index (χ1v) is 7.47. The number of hydrogen-bond donors (Lipinski definition) is 1. The molecule has 118 valence electrons. The van der Waals surface area contributed by atoms with E-state index in [1.165, 1.54) is 0 Å². The van der Waals surface area contributed by atoms with Gasteiger partial charge in [0.1, 0.15) is 11.2 Å². The predicted octanol–water partition coefficient (Wildman–Crippen LogP) is 3.53. The van der Waals surface area contributed by atoms with E-state index in [9.17, 15) is 9.90 Å². The first-order valence-electron chi connectivity index (χ1n) is 7.47. The molecule has 0 amide bonds. The molecule has 0 aliphatic carbocycles. The van der Waals surface area contributed by atoms with Crippen LogP contribution in [0.15, 0.2) is 36.5 Å². The van der Waals surface area contributed by atoms with E-state index in [2.05, 4.69) is 9.97 Å². The summed E-state index contributed by atoms with van der Waals surface area (Å²) in [5.74, 6) is -0.342. The first kappa shape index (κ1) is 15.2. The summed E-state index contributed by atoms with van der Waals surface area (Å²) in [6.45, 7) is 7.40. The highest BCUT2D eigenvalue weighted by atomic mass is 16.4. The predicted molar refractivity (Wildman–Crippen MR) is 89.4 cm³/mol. The van der Waals surface area contributed by atoms with Crippen molar-refractivity contribution >= 4 is 17.0 Å². The Bertz CT molecular complexity index is 896. The fourth-order valence-electron chi connectivity index (χ4n) is 2.66. The van der Waals surface area contributed by atoms with E-state index >= 15 is 0 Å². The maximum Gasteiger partial charge on any atom is 0.329 e. The molecule has 0 saturated carbocycles. The van der Waals surface area contributed by atoms with Crippen LogP contribution in [0.4, 0.5) is 0 Å². The van der Waals surface area contributed by atoms with Crippen molar-refractivity contribution in [3.8, 4) is 11.5 Å². The van der Waals surface area contributed by atoms with Crippen molar-refractivity contribution in [2.75, 3.05) is 0 Å². The van der Waals surface area contributed by atoms with Gasteiger partial charge in [0.25, 0.3) is 0 Å². The number of carbonyl (C=O) groups is 1. The molecule has 0 unspecified atom stereocenters.